The Morgan fingerprint density at radius 2 is 1.80 bits per heavy atom. The number of hydrogen-bond donors (Lipinski definition) is 2. The molecular formula is C20H16N4O. The van der Waals surface area contributed by atoms with Gasteiger partial charge in [0.2, 0.25) is 0 Å². The monoisotopic (exact) mass is 328 g/mol. The fourth-order valence-corrected chi connectivity index (χ4v) is 3.30. The third-order valence-corrected chi connectivity index (χ3v) is 4.52. The van der Waals surface area contributed by atoms with E-state index >= 15 is 0 Å². The smallest absolute Gasteiger partial charge is 0.196 e. The molecular weight excluding hydrogens is 312 g/mol. The highest BCUT2D eigenvalue weighted by Gasteiger charge is 2.12. The van der Waals surface area contributed by atoms with Crippen molar-refractivity contribution in [2.45, 2.75) is 6.42 Å². The summed E-state index contributed by atoms with van der Waals surface area (Å²) >= 11 is 0. The van der Waals surface area contributed by atoms with Crippen molar-refractivity contribution in [3.63, 3.8) is 0 Å². The first kappa shape index (κ1) is 14.0. The minimum atomic E-state index is 0.711. The van der Waals surface area contributed by atoms with Crippen LogP contribution in [-0.2, 0) is 6.42 Å². The summed E-state index contributed by atoms with van der Waals surface area (Å²) in [7, 11) is 0. The maximum atomic E-state index is 5.95. The first-order chi connectivity index (χ1) is 12.4. The van der Waals surface area contributed by atoms with Crippen molar-refractivity contribution >= 4 is 38.8 Å². The van der Waals surface area contributed by atoms with Crippen LogP contribution >= 0.6 is 0 Å². The number of furan rings is 1. The molecule has 0 aliphatic carbocycles. The zero-order valence-electron chi connectivity index (χ0n) is 13.5. The third-order valence-electron chi connectivity index (χ3n) is 4.52. The van der Waals surface area contributed by atoms with Crippen molar-refractivity contribution < 1.29 is 4.42 Å². The molecule has 0 aliphatic heterocycles. The van der Waals surface area contributed by atoms with Crippen LogP contribution in [0.5, 0.6) is 0 Å². The summed E-state index contributed by atoms with van der Waals surface area (Å²) in [6, 6.07) is 16.3. The fraction of sp³-hybridized carbons (Fsp3) is 0.100. The Bertz CT molecular complexity index is 1190. The summed E-state index contributed by atoms with van der Waals surface area (Å²) in [6.07, 6.45) is 4.55. The second kappa shape index (κ2) is 5.63. The summed E-state index contributed by atoms with van der Waals surface area (Å²) in [6.45, 7) is 0.769. The largest absolute Gasteiger partial charge is 0.450 e. The molecule has 25 heavy (non-hydrogen) atoms. The summed E-state index contributed by atoms with van der Waals surface area (Å²) in [5.74, 6) is 0.737. The van der Waals surface area contributed by atoms with E-state index in [2.05, 4.69) is 44.7 Å². The van der Waals surface area contributed by atoms with Gasteiger partial charge in [0.05, 0.1) is 0 Å². The van der Waals surface area contributed by atoms with Crippen LogP contribution in [0.1, 0.15) is 5.56 Å². The Morgan fingerprint density at radius 3 is 2.76 bits per heavy atom. The lowest BCUT2D eigenvalue weighted by atomic mass is 10.1. The molecule has 2 N–H and O–H groups in total. The molecule has 0 spiro atoms. The second-order valence-electron chi connectivity index (χ2n) is 6.03. The fourth-order valence-electron chi connectivity index (χ4n) is 3.30. The summed E-state index contributed by atoms with van der Waals surface area (Å²) < 4.78 is 5.95. The van der Waals surface area contributed by atoms with Gasteiger partial charge in [-0.3, -0.25) is 0 Å². The number of benzene rings is 2. The molecule has 2 aromatic carbocycles. The van der Waals surface area contributed by atoms with Crippen LogP contribution in [0.2, 0.25) is 0 Å². The maximum Gasteiger partial charge on any atom is 0.196 e. The molecule has 3 heterocycles. The number of hydrogen-bond acceptors (Lipinski definition) is 4. The number of nitrogens with zero attached hydrogens (tertiary/aromatic N) is 2. The van der Waals surface area contributed by atoms with Gasteiger partial charge in [-0.05, 0) is 30.2 Å². The minimum Gasteiger partial charge on any atom is -0.450 e. The van der Waals surface area contributed by atoms with E-state index in [1.54, 1.807) is 6.33 Å². The predicted molar refractivity (Wildman–Crippen MR) is 99.8 cm³/mol. The molecule has 5 nitrogen and oxygen atoms in total. The molecule has 122 valence electrons. The highest BCUT2D eigenvalue weighted by Crippen LogP contribution is 2.30. The Kier molecular flexibility index (Phi) is 3.16. The Balaban J connectivity index is 1.42. The molecule has 0 bridgehead atoms. The topological polar surface area (TPSA) is 66.7 Å². The van der Waals surface area contributed by atoms with Gasteiger partial charge in [-0.2, -0.15) is 0 Å². The normalized spacial score (nSPS) is 11.5. The number of aromatic nitrogens is 3. The second-order valence-corrected chi connectivity index (χ2v) is 6.03. The number of para-hydroxylation sites is 2. The first-order valence-corrected chi connectivity index (χ1v) is 8.31. The minimum absolute atomic E-state index is 0.711. The van der Waals surface area contributed by atoms with Gasteiger partial charge < -0.3 is 14.7 Å². The summed E-state index contributed by atoms with van der Waals surface area (Å²) in [4.78, 5) is 12.1. The molecule has 0 unspecified atom stereocenters. The van der Waals surface area contributed by atoms with Crippen LogP contribution in [0.15, 0.2) is 65.5 Å². The summed E-state index contributed by atoms with van der Waals surface area (Å²) in [5, 5.41) is 5.67. The van der Waals surface area contributed by atoms with E-state index in [4.69, 9.17) is 4.42 Å². The van der Waals surface area contributed by atoms with E-state index in [0.717, 1.165) is 35.3 Å². The lowest BCUT2D eigenvalue weighted by molar-refractivity contribution is 0.666. The van der Waals surface area contributed by atoms with Crippen LogP contribution in [0.25, 0.3) is 33.0 Å². The molecule has 0 aliphatic rings. The number of aromatic amines is 1. The van der Waals surface area contributed by atoms with Crippen LogP contribution in [0.3, 0.4) is 0 Å². The van der Waals surface area contributed by atoms with Gasteiger partial charge in [-0.25, -0.2) is 9.97 Å². The number of rotatable bonds is 4. The molecule has 0 amide bonds. The first-order valence-electron chi connectivity index (χ1n) is 8.31. The van der Waals surface area contributed by atoms with Crippen LogP contribution in [0, 0.1) is 0 Å². The molecule has 5 aromatic rings. The zero-order chi connectivity index (χ0) is 16.6. The van der Waals surface area contributed by atoms with E-state index in [-0.39, 0.29) is 0 Å². The molecule has 0 radical (unpaired) electrons. The van der Waals surface area contributed by atoms with E-state index in [1.165, 1.54) is 16.5 Å². The number of nitrogens with one attached hydrogen (secondary N) is 2. The average Bonchev–Trinajstić information content (AvgIpc) is 3.24. The Labute approximate surface area is 143 Å². The lowest BCUT2D eigenvalue weighted by Gasteiger charge is -2.05. The molecule has 0 fully saturated rings. The highest BCUT2D eigenvalue weighted by molar-refractivity contribution is 6.05. The molecule has 0 saturated heterocycles. The molecule has 5 heteroatoms. The van der Waals surface area contributed by atoms with Crippen molar-refractivity contribution in [3.8, 4) is 0 Å². The van der Waals surface area contributed by atoms with Crippen molar-refractivity contribution in [1.29, 1.82) is 0 Å². The zero-order valence-corrected chi connectivity index (χ0v) is 13.5. The molecule has 5 rings (SSSR count). The lowest BCUT2D eigenvalue weighted by Crippen LogP contribution is -2.06. The average molecular weight is 328 g/mol. The number of fused-ring (bicyclic) bond motifs is 4. The number of H-pyrrole nitrogens is 1. The molecule has 3 aromatic heterocycles. The van der Waals surface area contributed by atoms with E-state index < -0.39 is 0 Å². The van der Waals surface area contributed by atoms with Gasteiger partial charge in [-0.15, -0.1) is 0 Å². The van der Waals surface area contributed by atoms with Gasteiger partial charge in [0.1, 0.15) is 17.4 Å². The van der Waals surface area contributed by atoms with Crippen molar-refractivity contribution in [3.05, 3.63) is 66.6 Å². The van der Waals surface area contributed by atoms with Gasteiger partial charge in [0.25, 0.3) is 0 Å². The quantitative estimate of drug-likeness (QED) is 0.509. The third kappa shape index (κ3) is 2.32. The SMILES string of the molecule is c1ccc2c(CCNc3ncnc4c3oc3ccccc34)c[nH]c2c1. The van der Waals surface area contributed by atoms with Crippen LogP contribution < -0.4 is 5.32 Å². The van der Waals surface area contributed by atoms with E-state index in [0.29, 0.717) is 5.58 Å². The van der Waals surface area contributed by atoms with Crippen molar-refractivity contribution in [2.75, 3.05) is 11.9 Å². The van der Waals surface area contributed by atoms with E-state index in [9.17, 15) is 0 Å². The van der Waals surface area contributed by atoms with Gasteiger partial charge in [0.15, 0.2) is 11.4 Å². The van der Waals surface area contributed by atoms with Gasteiger partial charge in [-0.1, -0.05) is 30.3 Å². The van der Waals surface area contributed by atoms with Crippen molar-refractivity contribution in [2.24, 2.45) is 0 Å². The number of anilines is 1. The Morgan fingerprint density at radius 1 is 0.960 bits per heavy atom. The van der Waals surface area contributed by atoms with Gasteiger partial charge in [0, 0.05) is 29.0 Å². The van der Waals surface area contributed by atoms with Crippen LogP contribution in [0.4, 0.5) is 5.82 Å². The molecule has 0 atom stereocenters. The predicted octanol–water partition coefficient (Wildman–Crippen LogP) is 4.51. The van der Waals surface area contributed by atoms with Crippen molar-refractivity contribution in [1.82, 2.24) is 15.0 Å². The summed E-state index contributed by atoms with van der Waals surface area (Å²) in [5.41, 5.74) is 4.85. The Hall–Kier alpha value is -3.34. The van der Waals surface area contributed by atoms with Crippen LogP contribution in [-0.4, -0.2) is 21.5 Å². The highest BCUT2D eigenvalue weighted by atomic mass is 16.3. The van der Waals surface area contributed by atoms with Gasteiger partial charge >= 0.3 is 0 Å². The maximum absolute atomic E-state index is 5.95. The molecule has 0 saturated carbocycles. The standard InChI is InChI=1S/C20H16N4O/c1-3-7-16-14(5-1)13(11-22-16)9-10-21-20-19-18(23-12-24-20)15-6-2-4-8-17(15)25-19/h1-8,11-12,22H,9-10H2,(H,21,23,24). The van der Waals surface area contributed by atoms with E-state index in [1.807, 2.05) is 30.3 Å².